The lowest BCUT2D eigenvalue weighted by molar-refractivity contribution is -0.122. The third-order valence-electron chi connectivity index (χ3n) is 3.39. The number of hydrogen-bond donors (Lipinski definition) is 2. The molecule has 2 aliphatic rings. The van der Waals surface area contributed by atoms with Gasteiger partial charge in [0.1, 0.15) is 0 Å². The highest BCUT2D eigenvalue weighted by Gasteiger charge is 2.41. The van der Waals surface area contributed by atoms with Crippen LogP contribution >= 0.6 is 0 Å². The zero-order chi connectivity index (χ0) is 10.8. The first-order valence-corrected chi connectivity index (χ1v) is 5.84. The van der Waals surface area contributed by atoms with Crippen LogP contribution in [0.15, 0.2) is 0 Å². The molecule has 0 aliphatic carbocycles. The van der Waals surface area contributed by atoms with Gasteiger partial charge < -0.3 is 15.8 Å². The Bertz CT molecular complexity index is 245. The number of nitrogens with one attached hydrogen (secondary N) is 1. The second-order valence-electron chi connectivity index (χ2n) is 4.83. The van der Waals surface area contributed by atoms with Crippen molar-refractivity contribution in [1.29, 1.82) is 0 Å². The second kappa shape index (κ2) is 4.49. The van der Waals surface area contributed by atoms with Gasteiger partial charge in [0.2, 0.25) is 5.91 Å². The first kappa shape index (κ1) is 10.9. The number of nitrogens with two attached hydrogens (primary N) is 1. The number of amides is 1. The number of fused-ring (bicyclic) bond motifs is 2. The lowest BCUT2D eigenvalue weighted by Crippen LogP contribution is -2.42. The molecule has 2 heterocycles. The highest BCUT2D eigenvalue weighted by atomic mass is 16.5. The van der Waals surface area contributed by atoms with Crippen LogP contribution in [-0.4, -0.2) is 30.7 Å². The van der Waals surface area contributed by atoms with E-state index in [0.29, 0.717) is 19.1 Å². The molecule has 0 spiro atoms. The normalized spacial score (nSPS) is 35.5. The summed E-state index contributed by atoms with van der Waals surface area (Å²) in [7, 11) is 0. The van der Waals surface area contributed by atoms with Crippen LogP contribution in [0.25, 0.3) is 0 Å². The molecule has 0 radical (unpaired) electrons. The molecule has 3 N–H and O–H groups in total. The van der Waals surface area contributed by atoms with E-state index in [1.54, 1.807) is 0 Å². The predicted octanol–water partition coefficient (Wildman–Crippen LogP) is 0.407. The van der Waals surface area contributed by atoms with E-state index < -0.39 is 0 Å². The van der Waals surface area contributed by atoms with Gasteiger partial charge >= 0.3 is 0 Å². The summed E-state index contributed by atoms with van der Waals surface area (Å²) in [5.74, 6) is 0.388. The van der Waals surface area contributed by atoms with Gasteiger partial charge in [-0.3, -0.25) is 4.79 Å². The summed E-state index contributed by atoms with van der Waals surface area (Å²) < 4.78 is 5.68. The number of rotatable bonds is 4. The standard InChI is InChI=1S/C11H20N2O2/c1-7(6-12)4-11(14)13-9-5-8-2-3-10(9)15-8/h7-10H,2-6,12H2,1H3,(H,13,14). The van der Waals surface area contributed by atoms with Gasteiger partial charge in [0.05, 0.1) is 18.2 Å². The Morgan fingerprint density at radius 2 is 2.40 bits per heavy atom. The van der Waals surface area contributed by atoms with Crippen LogP contribution in [0.2, 0.25) is 0 Å². The minimum absolute atomic E-state index is 0.120. The van der Waals surface area contributed by atoms with Crippen LogP contribution < -0.4 is 11.1 Å². The summed E-state index contributed by atoms with van der Waals surface area (Å²) in [5, 5.41) is 3.06. The lowest BCUT2D eigenvalue weighted by Gasteiger charge is -2.20. The van der Waals surface area contributed by atoms with Gasteiger partial charge in [0.15, 0.2) is 0 Å². The van der Waals surface area contributed by atoms with E-state index in [2.05, 4.69) is 5.32 Å². The molecule has 4 heteroatoms. The second-order valence-corrected chi connectivity index (χ2v) is 4.83. The fourth-order valence-electron chi connectivity index (χ4n) is 2.46. The van der Waals surface area contributed by atoms with Gasteiger partial charge in [-0.1, -0.05) is 6.92 Å². The highest BCUT2D eigenvalue weighted by molar-refractivity contribution is 5.76. The van der Waals surface area contributed by atoms with Gasteiger partial charge in [-0.25, -0.2) is 0 Å². The maximum Gasteiger partial charge on any atom is 0.220 e. The monoisotopic (exact) mass is 212 g/mol. The van der Waals surface area contributed by atoms with E-state index in [1.807, 2.05) is 6.92 Å². The quantitative estimate of drug-likeness (QED) is 0.709. The van der Waals surface area contributed by atoms with Gasteiger partial charge in [-0.05, 0) is 31.7 Å². The van der Waals surface area contributed by atoms with Gasteiger partial charge in [0, 0.05) is 6.42 Å². The van der Waals surface area contributed by atoms with Crippen molar-refractivity contribution < 1.29 is 9.53 Å². The Labute approximate surface area is 90.5 Å². The molecular formula is C11H20N2O2. The lowest BCUT2D eigenvalue weighted by atomic mass is 9.95. The Balaban J connectivity index is 1.75. The SMILES string of the molecule is CC(CN)CC(=O)NC1CC2CCC1O2. The summed E-state index contributed by atoms with van der Waals surface area (Å²) in [6, 6.07) is 0.251. The van der Waals surface area contributed by atoms with E-state index in [-0.39, 0.29) is 24.0 Å². The summed E-state index contributed by atoms with van der Waals surface area (Å²) in [5.41, 5.74) is 5.48. The van der Waals surface area contributed by atoms with Crippen LogP contribution in [0.4, 0.5) is 0 Å². The molecule has 2 bridgehead atoms. The van der Waals surface area contributed by atoms with E-state index in [9.17, 15) is 4.79 Å². The third-order valence-corrected chi connectivity index (χ3v) is 3.39. The molecule has 2 fully saturated rings. The fourth-order valence-corrected chi connectivity index (χ4v) is 2.46. The van der Waals surface area contributed by atoms with E-state index >= 15 is 0 Å². The molecule has 0 aromatic heterocycles. The number of carbonyl (C=O) groups excluding carboxylic acids is 1. The Hall–Kier alpha value is -0.610. The zero-order valence-corrected chi connectivity index (χ0v) is 9.24. The van der Waals surface area contributed by atoms with Gasteiger partial charge in [-0.15, -0.1) is 0 Å². The number of carbonyl (C=O) groups is 1. The summed E-state index contributed by atoms with van der Waals surface area (Å²) in [6.07, 6.45) is 4.45. The molecule has 2 rings (SSSR count). The van der Waals surface area contributed by atoms with Crippen molar-refractivity contribution in [1.82, 2.24) is 5.32 Å². The third kappa shape index (κ3) is 2.49. The van der Waals surface area contributed by atoms with Crippen molar-refractivity contribution in [2.45, 2.75) is 50.9 Å². The van der Waals surface area contributed by atoms with E-state index in [4.69, 9.17) is 10.5 Å². The first-order chi connectivity index (χ1) is 7.19. The smallest absolute Gasteiger partial charge is 0.220 e. The van der Waals surface area contributed by atoms with Gasteiger partial charge in [-0.2, -0.15) is 0 Å². The molecule has 4 unspecified atom stereocenters. The minimum Gasteiger partial charge on any atom is -0.373 e. The van der Waals surface area contributed by atoms with Crippen molar-refractivity contribution in [3.05, 3.63) is 0 Å². The van der Waals surface area contributed by atoms with E-state index in [0.717, 1.165) is 19.3 Å². The van der Waals surface area contributed by atoms with Crippen LogP contribution in [-0.2, 0) is 9.53 Å². The molecule has 0 aromatic rings. The minimum atomic E-state index is 0.120. The van der Waals surface area contributed by atoms with Crippen molar-refractivity contribution in [3.8, 4) is 0 Å². The molecule has 4 atom stereocenters. The molecule has 86 valence electrons. The average Bonchev–Trinajstić information content (AvgIpc) is 2.78. The van der Waals surface area contributed by atoms with Crippen molar-refractivity contribution in [3.63, 3.8) is 0 Å². The zero-order valence-electron chi connectivity index (χ0n) is 9.24. The number of hydrogen-bond acceptors (Lipinski definition) is 3. The maximum atomic E-state index is 11.6. The van der Waals surface area contributed by atoms with Crippen molar-refractivity contribution in [2.75, 3.05) is 6.54 Å². The topological polar surface area (TPSA) is 64.4 Å². The van der Waals surface area contributed by atoms with Crippen LogP contribution in [0.5, 0.6) is 0 Å². The summed E-state index contributed by atoms with van der Waals surface area (Å²) in [4.78, 5) is 11.6. The Kier molecular flexibility index (Phi) is 3.26. The first-order valence-electron chi connectivity index (χ1n) is 5.84. The maximum absolute atomic E-state index is 11.6. The largest absolute Gasteiger partial charge is 0.373 e. The van der Waals surface area contributed by atoms with Crippen molar-refractivity contribution >= 4 is 5.91 Å². The van der Waals surface area contributed by atoms with Crippen LogP contribution in [0, 0.1) is 5.92 Å². The Morgan fingerprint density at radius 3 is 2.93 bits per heavy atom. The van der Waals surface area contributed by atoms with E-state index in [1.165, 1.54) is 0 Å². The molecule has 0 saturated carbocycles. The van der Waals surface area contributed by atoms with Crippen LogP contribution in [0.1, 0.15) is 32.6 Å². The molecular weight excluding hydrogens is 192 g/mol. The molecule has 15 heavy (non-hydrogen) atoms. The van der Waals surface area contributed by atoms with Gasteiger partial charge in [0.25, 0.3) is 0 Å². The predicted molar refractivity (Wildman–Crippen MR) is 57.3 cm³/mol. The highest BCUT2D eigenvalue weighted by Crippen LogP contribution is 2.34. The average molecular weight is 212 g/mol. The Morgan fingerprint density at radius 1 is 1.60 bits per heavy atom. The molecule has 1 amide bonds. The molecule has 4 nitrogen and oxygen atoms in total. The van der Waals surface area contributed by atoms with Crippen LogP contribution in [0.3, 0.4) is 0 Å². The van der Waals surface area contributed by atoms with Crippen molar-refractivity contribution in [2.24, 2.45) is 11.7 Å². The summed E-state index contributed by atoms with van der Waals surface area (Å²) >= 11 is 0. The number of ether oxygens (including phenoxy) is 1. The summed E-state index contributed by atoms with van der Waals surface area (Å²) in [6.45, 7) is 2.57. The molecule has 2 aliphatic heterocycles. The molecule has 0 aromatic carbocycles. The molecule has 2 saturated heterocycles. The fraction of sp³-hybridized carbons (Fsp3) is 0.909.